The SMILES string of the molecule is COc1cccc(OC)c1OCC(=O)Nc1cccc(Cl)c1. The first kappa shape index (κ1) is 16.0. The third-order valence-corrected chi connectivity index (χ3v) is 3.07. The molecule has 0 radical (unpaired) electrons. The van der Waals surface area contributed by atoms with Crippen molar-refractivity contribution in [2.24, 2.45) is 0 Å². The van der Waals surface area contributed by atoms with Crippen LogP contribution in [0.3, 0.4) is 0 Å². The van der Waals surface area contributed by atoms with Gasteiger partial charge in [0.2, 0.25) is 5.75 Å². The molecule has 0 unspecified atom stereocenters. The van der Waals surface area contributed by atoms with Crippen molar-refractivity contribution in [3.8, 4) is 17.2 Å². The molecule has 0 fully saturated rings. The fourth-order valence-corrected chi connectivity index (χ4v) is 2.05. The normalized spacial score (nSPS) is 9.95. The lowest BCUT2D eigenvalue weighted by Gasteiger charge is -2.14. The lowest BCUT2D eigenvalue weighted by atomic mass is 10.3. The average molecular weight is 322 g/mol. The molecule has 1 N–H and O–H groups in total. The number of hydrogen-bond donors (Lipinski definition) is 1. The van der Waals surface area contributed by atoms with Crippen LogP contribution in [0, 0.1) is 0 Å². The second-order valence-electron chi connectivity index (χ2n) is 4.34. The topological polar surface area (TPSA) is 56.8 Å². The summed E-state index contributed by atoms with van der Waals surface area (Å²) >= 11 is 5.86. The number of benzene rings is 2. The van der Waals surface area contributed by atoms with Gasteiger partial charge >= 0.3 is 0 Å². The number of amides is 1. The summed E-state index contributed by atoms with van der Waals surface area (Å²) < 4.78 is 15.9. The Hall–Kier alpha value is -2.40. The van der Waals surface area contributed by atoms with Crippen molar-refractivity contribution in [1.29, 1.82) is 0 Å². The number of carbonyl (C=O) groups is 1. The van der Waals surface area contributed by atoms with Crippen LogP contribution in [0.15, 0.2) is 42.5 Å². The molecule has 116 valence electrons. The minimum Gasteiger partial charge on any atom is -0.493 e. The molecular weight excluding hydrogens is 306 g/mol. The summed E-state index contributed by atoms with van der Waals surface area (Å²) in [5.74, 6) is 1.06. The largest absolute Gasteiger partial charge is 0.493 e. The number of nitrogens with one attached hydrogen (secondary N) is 1. The van der Waals surface area contributed by atoms with Crippen LogP contribution >= 0.6 is 11.6 Å². The van der Waals surface area contributed by atoms with Gasteiger partial charge in [-0.1, -0.05) is 23.7 Å². The Kier molecular flexibility index (Phi) is 5.49. The molecule has 0 bridgehead atoms. The molecule has 0 heterocycles. The maximum Gasteiger partial charge on any atom is 0.262 e. The predicted molar refractivity (Wildman–Crippen MR) is 85.1 cm³/mol. The Morgan fingerprint density at radius 1 is 1.09 bits per heavy atom. The number of halogens is 1. The van der Waals surface area contributed by atoms with Crippen LogP contribution in [0.5, 0.6) is 17.2 Å². The lowest BCUT2D eigenvalue weighted by Crippen LogP contribution is -2.20. The third kappa shape index (κ3) is 4.05. The first-order chi connectivity index (χ1) is 10.6. The Balaban J connectivity index is 2.02. The molecule has 0 aliphatic carbocycles. The van der Waals surface area contributed by atoms with Crippen molar-refractivity contribution in [1.82, 2.24) is 0 Å². The highest BCUT2D eigenvalue weighted by Crippen LogP contribution is 2.36. The summed E-state index contributed by atoms with van der Waals surface area (Å²) in [5, 5.41) is 3.24. The van der Waals surface area contributed by atoms with Crippen LogP contribution < -0.4 is 19.5 Å². The van der Waals surface area contributed by atoms with Gasteiger partial charge < -0.3 is 19.5 Å². The predicted octanol–water partition coefficient (Wildman–Crippen LogP) is 3.37. The van der Waals surface area contributed by atoms with E-state index in [1.54, 1.807) is 42.5 Å². The Bertz CT molecular complexity index is 638. The van der Waals surface area contributed by atoms with Gasteiger partial charge in [0.1, 0.15) is 0 Å². The molecule has 1 amide bonds. The van der Waals surface area contributed by atoms with Crippen LogP contribution in [0.25, 0.3) is 0 Å². The molecule has 2 rings (SSSR count). The maximum atomic E-state index is 11.9. The molecule has 0 aromatic heterocycles. The van der Waals surface area contributed by atoms with E-state index in [1.165, 1.54) is 14.2 Å². The van der Waals surface area contributed by atoms with E-state index in [0.29, 0.717) is 28.0 Å². The van der Waals surface area contributed by atoms with E-state index in [0.717, 1.165) is 0 Å². The summed E-state index contributed by atoms with van der Waals surface area (Å²) in [4.78, 5) is 11.9. The molecule has 2 aromatic carbocycles. The highest BCUT2D eigenvalue weighted by Gasteiger charge is 2.13. The van der Waals surface area contributed by atoms with Gasteiger partial charge in [-0.25, -0.2) is 0 Å². The second-order valence-corrected chi connectivity index (χ2v) is 4.78. The molecule has 22 heavy (non-hydrogen) atoms. The number of hydrogen-bond acceptors (Lipinski definition) is 4. The van der Waals surface area contributed by atoms with Crippen molar-refractivity contribution in [2.75, 3.05) is 26.1 Å². The van der Waals surface area contributed by atoms with Crippen LogP contribution in [0.1, 0.15) is 0 Å². The minimum atomic E-state index is -0.310. The van der Waals surface area contributed by atoms with Crippen molar-refractivity contribution >= 4 is 23.2 Å². The van der Waals surface area contributed by atoms with Gasteiger partial charge in [0.25, 0.3) is 5.91 Å². The average Bonchev–Trinajstić information content (AvgIpc) is 2.52. The molecule has 0 saturated carbocycles. The zero-order valence-electron chi connectivity index (χ0n) is 12.3. The van der Waals surface area contributed by atoms with Gasteiger partial charge in [-0.2, -0.15) is 0 Å². The molecule has 0 aliphatic rings. The molecule has 0 spiro atoms. The number of ether oxygens (including phenoxy) is 3. The molecule has 0 atom stereocenters. The molecular formula is C16H16ClNO4. The number of para-hydroxylation sites is 1. The van der Waals surface area contributed by atoms with Gasteiger partial charge in [0.15, 0.2) is 18.1 Å². The van der Waals surface area contributed by atoms with E-state index in [1.807, 2.05) is 0 Å². The van der Waals surface area contributed by atoms with Crippen molar-refractivity contribution in [2.45, 2.75) is 0 Å². The van der Waals surface area contributed by atoms with E-state index in [2.05, 4.69) is 5.32 Å². The quantitative estimate of drug-likeness (QED) is 0.886. The van der Waals surface area contributed by atoms with Gasteiger partial charge in [-0.3, -0.25) is 4.79 Å². The zero-order chi connectivity index (χ0) is 15.9. The standard InChI is InChI=1S/C16H16ClNO4/c1-20-13-7-4-8-14(21-2)16(13)22-10-15(19)18-12-6-3-5-11(17)9-12/h3-9H,10H2,1-2H3,(H,18,19). The number of methoxy groups -OCH3 is 2. The van der Waals surface area contributed by atoms with Crippen LogP contribution in [-0.4, -0.2) is 26.7 Å². The molecule has 2 aromatic rings. The van der Waals surface area contributed by atoms with E-state index in [4.69, 9.17) is 25.8 Å². The van der Waals surface area contributed by atoms with Crippen LogP contribution in [0.4, 0.5) is 5.69 Å². The highest BCUT2D eigenvalue weighted by atomic mass is 35.5. The first-order valence-electron chi connectivity index (χ1n) is 6.53. The Morgan fingerprint density at radius 3 is 2.32 bits per heavy atom. The van der Waals surface area contributed by atoms with Crippen molar-refractivity contribution in [3.05, 3.63) is 47.5 Å². The van der Waals surface area contributed by atoms with Gasteiger partial charge in [-0.15, -0.1) is 0 Å². The zero-order valence-corrected chi connectivity index (χ0v) is 13.0. The second kappa shape index (κ2) is 7.56. The fourth-order valence-electron chi connectivity index (χ4n) is 1.86. The van der Waals surface area contributed by atoms with E-state index < -0.39 is 0 Å². The fraction of sp³-hybridized carbons (Fsp3) is 0.188. The summed E-state index contributed by atoms with van der Waals surface area (Å²) in [7, 11) is 3.04. The molecule has 0 aliphatic heterocycles. The van der Waals surface area contributed by atoms with E-state index >= 15 is 0 Å². The smallest absolute Gasteiger partial charge is 0.262 e. The number of rotatable bonds is 6. The molecule has 6 heteroatoms. The maximum absolute atomic E-state index is 11.9. The van der Waals surface area contributed by atoms with Gasteiger partial charge in [-0.05, 0) is 30.3 Å². The summed E-state index contributed by atoms with van der Waals surface area (Å²) in [6, 6.07) is 12.1. The third-order valence-electron chi connectivity index (χ3n) is 2.84. The highest BCUT2D eigenvalue weighted by molar-refractivity contribution is 6.30. The van der Waals surface area contributed by atoms with E-state index in [9.17, 15) is 4.79 Å². The summed E-state index contributed by atoms with van der Waals surface area (Å²) in [6.45, 7) is -0.177. The minimum absolute atomic E-state index is 0.177. The van der Waals surface area contributed by atoms with Gasteiger partial charge in [0.05, 0.1) is 14.2 Å². The first-order valence-corrected chi connectivity index (χ1v) is 6.91. The van der Waals surface area contributed by atoms with Crippen LogP contribution in [-0.2, 0) is 4.79 Å². The Labute approximate surface area is 133 Å². The number of carbonyl (C=O) groups excluding carboxylic acids is 1. The number of anilines is 1. The molecule has 5 nitrogen and oxygen atoms in total. The summed E-state index contributed by atoms with van der Waals surface area (Å²) in [6.07, 6.45) is 0. The van der Waals surface area contributed by atoms with E-state index in [-0.39, 0.29) is 12.5 Å². The van der Waals surface area contributed by atoms with Crippen molar-refractivity contribution < 1.29 is 19.0 Å². The molecule has 0 saturated heterocycles. The van der Waals surface area contributed by atoms with Crippen molar-refractivity contribution in [3.63, 3.8) is 0 Å². The van der Waals surface area contributed by atoms with Crippen LogP contribution in [0.2, 0.25) is 5.02 Å². The monoisotopic (exact) mass is 321 g/mol. The lowest BCUT2D eigenvalue weighted by molar-refractivity contribution is -0.118. The summed E-state index contributed by atoms with van der Waals surface area (Å²) in [5.41, 5.74) is 0.605. The van der Waals surface area contributed by atoms with Gasteiger partial charge in [0, 0.05) is 10.7 Å². The Morgan fingerprint density at radius 2 is 1.73 bits per heavy atom.